The van der Waals surface area contributed by atoms with Crippen LogP contribution in [0.2, 0.25) is 0 Å². The zero-order valence-electron chi connectivity index (χ0n) is 7.88. The van der Waals surface area contributed by atoms with E-state index in [9.17, 15) is 13.2 Å². The van der Waals surface area contributed by atoms with Crippen LogP contribution < -0.4 is 5.32 Å². The Morgan fingerprint density at radius 1 is 1.31 bits per heavy atom. The van der Waals surface area contributed by atoms with Gasteiger partial charge in [-0.1, -0.05) is 13.3 Å². The minimum Gasteiger partial charge on any atom is -0.308 e. The largest absolute Gasteiger partial charge is 0.401 e. The second kappa shape index (κ2) is 3.86. The van der Waals surface area contributed by atoms with Gasteiger partial charge in [0, 0.05) is 6.54 Å². The molecule has 0 aromatic rings. The third kappa shape index (κ3) is 3.98. The molecule has 78 valence electrons. The molecule has 0 aromatic carbocycles. The van der Waals surface area contributed by atoms with Gasteiger partial charge in [0.25, 0.3) is 0 Å². The predicted molar refractivity (Wildman–Crippen MR) is 45.5 cm³/mol. The summed E-state index contributed by atoms with van der Waals surface area (Å²) in [5, 5.41) is 2.49. The molecule has 1 fully saturated rings. The molecule has 0 amide bonds. The third-order valence-corrected chi connectivity index (χ3v) is 2.56. The first-order valence-electron chi connectivity index (χ1n) is 4.75. The zero-order valence-corrected chi connectivity index (χ0v) is 7.88. The van der Waals surface area contributed by atoms with E-state index in [1.807, 2.05) is 0 Å². The van der Waals surface area contributed by atoms with E-state index in [0.29, 0.717) is 6.54 Å². The lowest BCUT2D eigenvalue weighted by molar-refractivity contribution is -0.125. The predicted octanol–water partition coefficient (Wildman–Crippen LogP) is 2.72. The van der Waals surface area contributed by atoms with Crippen molar-refractivity contribution >= 4 is 0 Å². The molecule has 13 heavy (non-hydrogen) atoms. The SMILES string of the molecule is CCCC1(CNCC(F)(F)F)CC1. The molecule has 0 bridgehead atoms. The summed E-state index contributed by atoms with van der Waals surface area (Å²) < 4.78 is 35.3. The van der Waals surface area contributed by atoms with Crippen LogP contribution in [-0.2, 0) is 0 Å². The van der Waals surface area contributed by atoms with Gasteiger partial charge in [0.15, 0.2) is 0 Å². The summed E-state index contributed by atoms with van der Waals surface area (Å²) in [4.78, 5) is 0. The van der Waals surface area contributed by atoms with Crippen molar-refractivity contribution in [2.75, 3.05) is 13.1 Å². The van der Waals surface area contributed by atoms with E-state index < -0.39 is 12.7 Å². The summed E-state index contributed by atoms with van der Waals surface area (Å²) in [5.41, 5.74) is 0.208. The molecule has 0 spiro atoms. The first-order valence-corrected chi connectivity index (χ1v) is 4.75. The molecule has 0 aromatic heterocycles. The summed E-state index contributed by atoms with van der Waals surface area (Å²) in [6, 6.07) is 0. The van der Waals surface area contributed by atoms with E-state index in [4.69, 9.17) is 0 Å². The van der Waals surface area contributed by atoms with E-state index >= 15 is 0 Å². The van der Waals surface area contributed by atoms with Crippen molar-refractivity contribution in [3.05, 3.63) is 0 Å². The van der Waals surface area contributed by atoms with Crippen LogP contribution in [0.1, 0.15) is 32.6 Å². The van der Waals surface area contributed by atoms with Crippen LogP contribution in [0.4, 0.5) is 13.2 Å². The number of hydrogen-bond acceptors (Lipinski definition) is 1. The Morgan fingerprint density at radius 3 is 2.31 bits per heavy atom. The highest BCUT2D eigenvalue weighted by Gasteiger charge is 2.41. The van der Waals surface area contributed by atoms with Crippen molar-refractivity contribution in [1.29, 1.82) is 0 Å². The molecule has 1 N–H and O–H groups in total. The summed E-state index contributed by atoms with van der Waals surface area (Å²) in [5.74, 6) is 0. The number of halogens is 3. The molecule has 1 nitrogen and oxygen atoms in total. The second-order valence-corrected chi connectivity index (χ2v) is 3.97. The smallest absolute Gasteiger partial charge is 0.308 e. The number of alkyl halides is 3. The Labute approximate surface area is 76.7 Å². The maximum atomic E-state index is 11.8. The fourth-order valence-electron chi connectivity index (χ4n) is 1.69. The van der Waals surface area contributed by atoms with Gasteiger partial charge in [0.1, 0.15) is 0 Å². The lowest BCUT2D eigenvalue weighted by Gasteiger charge is -2.15. The minimum absolute atomic E-state index is 0.208. The highest BCUT2D eigenvalue weighted by atomic mass is 19.4. The van der Waals surface area contributed by atoms with E-state index in [2.05, 4.69) is 12.2 Å². The van der Waals surface area contributed by atoms with Gasteiger partial charge in [-0.3, -0.25) is 0 Å². The average molecular weight is 195 g/mol. The summed E-state index contributed by atoms with van der Waals surface area (Å²) >= 11 is 0. The Hall–Kier alpha value is -0.250. The van der Waals surface area contributed by atoms with Crippen LogP contribution in [0.25, 0.3) is 0 Å². The summed E-state index contributed by atoms with van der Waals surface area (Å²) in [6.45, 7) is 1.75. The monoisotopic (exact) mass is 195 g/mol. The first-order chi connectivity index (χ1) is 5.97. The van der Waals surface area contributed by atoms with Crippen LogP contribution >= 0.6 is 0 Å². The van der Waals surface area contributed by atoms with Crippen molar-refractivity contribution in [1.82, 2.24) is 5.32 Å². The normalized spacial score (nSPS) is 20.3. The number of hydrogen-bond donors (Lipinski definition) is 1. The Balaban J connectivity index is 2.12. The van der Waals surface area contributed by atoms with Gasteiger partial charge in [-0.05, 0) is 24.7 Å². The van der Waals surface area contributed by atoms with Crippen LogP contribution in [-0.4, -0.2) is 19.3 Å². The summed E-state index contributed by atoms with van der Waals surface area (Å²) in [6.07, 6.45) is 0.227. The topological polar surface area (TPSA) is 12.0 Å². The average Bonchev–Trinajstić information content (AvgIpc) is 2.67. The van der Waals surface area contributed by atoms with E-state index in [0.717, 1.165) is 25.7 Å². The minimum atomic E-state index is -4.07. The van der Waals surface area contributed by atoms with Crippen LogP contribution in [0.3, 0.4) is 0 Å². The Bertz CT molecular complexity index is 161. The van der Waals surface area contributed by atoms with Gasteiger partial charge in [-0.2, -0.15) is 13.2 Å². The van der Waals surface area contributed by atoms with Gasteiger partial charge >= 0.3 is 6.18 Å². The number of nitrogens with one attached hydrogen (secondary N) is 1. The molecule has 0 unspecified atom stereocenters. The van der Waals surface area contributed by atoms with Crippen LogP contribution in [0.15, 0.2) is 0 Å². The molecule has 0 heterocycles. The maximum Gasteiger partial charge on any atom is 0.401 e. The van der Waals surface area contributed by atoms with Crippen molar-refractivity contribution in [3.63, 3.8) is 0 Å². The molecule has 0 atom stereocenters. The first kappa shape index (κ1) is 10.8. The van der Waals surface area contributed by atoms with Crippen LogP contribution in [0.5, 0.6) is 0 Å². The fraction of sp³-hybridized carbons (Fsp3) is 1.00. The lowest BCUT2D eigenvalue weighted by atomic mass is 10.0. The van der Waals surface area contributed by atoms with Crippen molar-refractivity contribution < 1.29 is 13.2 Å². The maximum absolute atomic E-state index is 11.8. The highest BCUT2D eigenvalue weighted by Crippen LogP contribution is 2.48. The molecular formula is C9H16F3N. The molecule has 0 saturated heterocycles. The van der Waals surface area contributed by atoms with Crippen molar-refractivity contribution in [2.45, 2.75) is 38.8 Å². The Kier molecular flexibility index (Phi) is 3.22. The molecule has 1 saturated carbocycles. The van der Waals surface area contributed by atoms with E-state index in [1.165, 1.54) is 0 Å². The molecule has 1 aliphatic carbocycles. The molecule has 4 heteroatoms. The summed E-state index contributed by atoms with van der Waals surface area (Å²) in [7, 11) is 0. The lowest BCUT2D eigenvalue weighted by Crippen LogP contribution is -2.33. The highest BCUT2D eigenvalue weighted by molar-refractivity contribution is 4.94. The van der Waals surface area contributed by atoms with Crippen molar-refractivity contribution in [3.8, 4) is 0 Å². The van der Waals surface area contributed by atoms with Gasteiger partial charge in [0.05, 0.1) is 6.54 Å². The van der Waals surface area contributed by atoms with Crippen LogP contribution in [0, 0.1) is 5.41 Å². The van der Waals surface area contributed by atoms with Gasteiger partial charge in [-0.15, -0.1) is 0 Å². The molecule has 0 aliphatic heterocycles. The van der Waals surface area contributed by atoms with Gasteiger partial charge in [0.2, 0.25) is 0 Å². The number of rotatable bonds is 5. The van der Waals surface area contributed by atoms with Gasteiger partial charge in [-0.25, -0.2) is 0 Å². The molecular weight excluding hydrogens is 179 g/mol. The van der Waals surface area contributed by atoms with Crippen molar-refractivity contribution in [2.24, 2.45) is 5.41 Å². The van der Waals surface area contributed by atoms with Gasteiger partial charge < -0.3 is 5.32 Å². The quantitative estimate of drug-likeness (QED) is 0.711. The molecule has 0 radical (unpaired) electrons. The van der Waals surface area contributed by atoms with E-state index in [-0.39, 0.29) is 5.41 Å². The zero-order chi connectivity index (χ0) is 9.95. The fourth-order valence-corrected chi connectivity index (χ4v) is 1.69. The third-order valence-electron chi connectivity index (χ3n) is 2.56. The Morgan fingerprint density at radius 2 is 1.92 bits per heavy atom. The molecule has 1 rings (SSSR count). The molecule has 1 aliphatic rings. The van der Waals surface area contributed by atoms with E-state index in [1.54, 1.807) is 0 Å². The second-order valence-electron chi connectivity index (χ2n) is 3.97. The standard InChI is InChI=1S/C9H16F3N/c1-2-3-8(4-5-8)6-13-7-9(10,11)12/h13H,2-7H2,1H3.